The predicted octanol–water partition coefficient (Wildman–Crippen LogP) is 5.48. The van der Waals surface area contributed by atoms with Gasteiger partial charge in [0.15, 0.2) is 5.01 Å². The Morgan fingerprint density at radius 1 is 1.09 bits per heavy atom. The van der Waals surface area contributed by atoms with E-state index in [0.29, 0.717) is 37.9 Å². The first-order valence-electron chi connectivity index (χ1n) is 10.1. The third-order valence-corrected chi connectivity index (χ3v) is 6.09. The number of aryl methyl sites for hydroxylation is 1. The smallest absolute Gasteiger partial charge is 0.295 e. The van der Waals surface area contributed by atoms with Gasteiger partial charge in [-0.05, 0) is 43.7 Å². The Kier molecular flexibility index (Phi) is 6.57. The van der Waals surface area contributed by atoms with Gasteiger partial charge in [0, 0.05) is 21.8 Å². The number of pyridine rings is 1. The van der Waals surface area contributed by atoms with Crippen LogP contribution in [0.3, 0.4) is 0 Å². The first kappa shape index (κ1) is 22.7. The summed E-state index contributed by atoms with van der Waals surface area (Å²) in [5.74, 6) is 0.000215. The molecule has 0 spiro atoms. The third-order valence-electron chi connectivity index (χ3n) is 5.02. The van der Waals surface area contributed by atoms with E-state index in [9.17, 15) is 4.79 Å². The fourth-order valence-electron chi connectivity index (χ4n) is 3.46. The van der Waals surface area contributed by atoms with Gasteiger partial charge in [0.2, 0.25) is 0 Å². The monoisotopic (exact) mass is 480 g/mol. The van der Waals surface area contributed by atoms with Crippen LogP contribution < -0.4 is 15.2 Å². The molecule has 0 aliphatic heterocycles. The molecule has 2 aromatic carbocycles. The lowest BCUT2D eigenvalue weighted by atomic mass is 9.96. The quantitative estimate of drug-likeness (QED) is 0.376. The minimum absolute atomic E-state index is 0.249. The second-order valence-electron chi connectivity index (χ2n) is 7.28. The summed E-state index contributed by atoms with van der Waals surface area (Å²) in [5, 5.41) is 9.81. The molecule has 2 aromatic heterocycles. The van der Waals surface area contributed by atoms with Crippen molar-refractivity contribution in [2.45, 2.75) is 20.0 Å². The van der Waals surface area contributed by atoms with Crippen molar-refractivity contribution < 1.29 is 14.3 Å². The zero-order valence-electron chi connectivity index (χ0n) is 18.2. The number of hydrogen-bond acceptors (Lipinski definition) is 7. The van der Waals surface area contributed by atoms with Gasteiger partial charge in [0.05, 0.1) is 12.7 Å². The average molecular weight is 481 g/mol. The molecule has 0 fully saturated rings. The van der Waals surface area contributed by atoms with E-state index in [1.807, 2.05) is 56.3 Å². The van der Waals surface area contributed by atoms with Gasteiger partial charge < -0.3 is 15.2 Å². The average Bonchev–Trinajstić information content (AvgIpc) is 3.27. The van der Waals surface area contributed by atoms with E-state index in [0.717, 1.165) is 11.1 Å². The highest BCUT2D eigenvalue weighted by Gasteiger charge is 2.24. The molecule has 9 heteroatoms. The van der Waals surface area contributed by atoms with Crippen molar-refractivity contribution in [2.75, 3.05) is 7.11 Å². The van der Waals surface area contributed by atoms with Crippen LogP contribution in [0.1, 0.15) is 34.6 Å². The molecule has 4 aromatic rings. The summed E-state index contributed by atoms with van der Waals surface area (Å²) in [6, 6.07) is 16.6. The van der Waals surface area contributed by atoms with Crippen LogP contribution in [0.5, 0.6) is 10.9 Å². The highest BCUT2D eigenvalue weighted by molar-refractivity contribution is 7.16. The number of amides is 1. The number of aromatic nitrogens is 3. The number of nitrogens with zero attached hydrogens (tertiary/aromatic N) is 3. The van der Waals surface area contributed by atoms with Crippen LogP contribution >= 0.6 is 22.9 Å². The molecule has 0 radical (unpaired) electrons. The number of halogens is 1. The Hall–Kier alpha value is -3.49. The van der Waals surface area contributed by atoms with Gasteiger partial charge >= 0.3 is 0 Å². The molecule has 168 valence electrons. The van der Waals surface area contributed by atoms with Crippen molar-refractivity contribution in [3.8, 4) is 32.8 Å². The second kappa shape index (κ2) is 9.56. The summed E-state index contributed by atoms with van der Waals surface area (Å²) in [4.78, 5) is 17.1. The molecular weight excluding hydrogens is 460 g/mol. The fraction of sp³-hybridized carbons (Fsp3) is 0.167. The second-order valence-corrected chi connectivity index (χ2v) is 8.66. The van der Waals surface area contributed by atoms with Gasteiger partial charge in [0.1, 0.15) is 17.5 Å². The molecule has 1 atom stereocenters. The van der Waals surface area contributed by atoms with Crippen molar-refractivity contribution in [2.24, 2.45) is 5.73 Å². The van der Waals surface area contributed by atoms with Crippen molar-refractivity contribution in [3.05, 3.63) is 76.4 Å². The lowest BCUT2D eigenvalue weighted by molar-refractivity contribution is 0.100. The molecule has 7 nitrogen and oxygen atoms in total. The zero-order chi connectivity index (χ0) is 23.5. The third kappa shape index (κ3) is 4.81. The number of carbonyl (C=O) groups excluding carboxylic acids is 1. The van der Waals surface area contributed by atoms with Crippen LogP contribution in [-0.2, 0) is 0 Å². The summed E-state index contributed by atoms with van der Waals surface area (Å²) < 4.78 is 11.5. The molecule has 0 bridgehead atoms. The SMILES string of the molecule is COc1ccccc1-c1cc(C)nc(-c2nnc(OC(C)c3ccc(Cl)cc3)s2)c1C(N)=O. The molecule has 2 heterocycles. The van der Waals surface area contributed by atoms with Crippen LogP contribution in [0, 0.1) is 6.92 Å². The number of carbonyl (C=O) groups is 1. The van der Waals surface area contributed by atoms with Crippen LogP contribution in [0.2, 0.25) is 5.02 Å². The number of benzene rings is 2. The van der Waals surface area contributed by atoms with E-state index in [2.05, 4.69) is 15.2 Å². The summed E-state index contributed by atoms with van der Waals surface area (Å²) in [7, 11) is 1.58. The summed E-state index contributed by atoms with van der Waals surface area (Å²) >= 11 is 7.16. The number of rotatable bonds is 7. The van der Waals surface area contributed by atoms with Gasteiger partial charge in [-0.25, -0.2) is 4.98 Å². The molecule has 1 amide bonds. The van der Waals surface area contributed by atoms with Gasteiger partial charge in [-0.3, -0.25) is 4.79 Å². The number of primary amides is 1. The van der Waals surface area contributed by atoms with Gasteiger partial charge in [0.25, 0.3) is 11.1 Å². The van der Waals surface area contributed by atoms with E-state index in [4.69, 9.17) is 26.8 Å². The number of methoxy groups -OCH3 is 1. The fourth-order valence-corrected chi connectivity index (χ4v) is 4.35. The van der Waals surface area contributed by atoms with Crippen molar-refractivity contribution in [3.63, 3.8) is 0 Å². The molecule has 0 saturated heterocycles. The van der Waals surface area contributed by atoms with Crippen LogP contribution in [0.15, 0.2) is 54.6 Å². The summed E-state index contributed by atoms with van der Waals surface area (Å²) in [5.41, 5.74) is 9.40. The normalized spacial score (nSPS) is 11.8. The molecule has 2 N–H and O–H groups in total. The van der Waals surface area contributed by atoms with E-state index in [1.54, 1.807) is 19.2 Å². The van der Waals surface area contributed by atoms with E-state index in [1.165, 1.54) is 11.3 Å². The lowest BCUT2D eigenvalue weighted by Gasteiger charge is -2.14. The minimum Gasteiger partial charge on any atom is -0.496 e. The van der Waals surface area contributed by atoms with Crippen LogP contribution in [0.4, 0.5) is 0 Å². The molecular formula is C24H21ClN4O3S. The summed E-state index contributed by atoms with van der Waals surface area (Å²) in [6.45, 7) is 3.75. The van der Waals surface area contributed by atoms with Gasteiger partial charge in [-0.1, -0.05) is 58.4 Å². The summed E-state index contributed by atoms with van der Waals surface area (Å²) in [6.07, 6.45) is -0.270. The van der Waals surface area contributed by atoms with E-state index in [-0.39, 0.29) is 11.7 Å². The number of ether oxygens (including phenoxy) is 2. The topological polar surface area (TPSA) is 100 Å². The first-order valence-corrected chi connectivity index (χ1v) is 11.3. The van der Waals surface area contributed by atoms with Crippen LogP contribution in [0.25, 0.3) is 21.8 Å². The molecule has 33 heavy (non-hydrogen) atoms. The highest BCUT2D eigenvalue weighted by atomic mass is 35.5. The number of para-hydroxylation sites is 1. The Labute approximate surface area is 200 Å². The Morgan fingerprint density at radius 2 is 1.82 bits per heavy atom. The van der Waals surface area contributed by atoms with Crippen molar-refractivity contribution >= 4 is 28.8 Å². The predicted molar refractivity (Wildman–Crippen MR) is 129 cm³/mol. The highest BCUT2D eigenvalue weighted by Crippen LogP contribution is 2.38. The Bertz CT molecular complexity index is 1310. The minimum atomic E-state index is -0.620. The number of hydrogen-bond donors (Lipinski definition) is 1. The van der Waals surface area contributed by atoms with Crippen molar-refractivity contribution in [1.29, 1.82) is 0 Å². The maximum atomic E-state index is 12.6. The zero-order valence-corrected chi connectivity index (χ0v) is 19.8. The standard InChI is InChI=1S/C24H21ClN4O3S/c1-13-12-18(17-6-4-5-7-19(17)31-3)20(22(26)30)21(27-13)23-28-29-24(33-23)32-14(2)15-8-10-16(25)11-9-15/h4-12,14H,1-3H3,(H2,26,30). The van der Waals surface area contributed by atoms with E-state index >= 15 is 0 Å². The largest absolute Gasteiger partial charge is 0.496 e. The van der Waals surface area contributed by atoms with Gasteiger partial charge in [-0.15, -0.1) is 5.10 Å². The van der Waals surface area contributed by atoms with Crippen molar-refractivity contribution in [1.82, 2.24) is 15.2 Å². The van der Waals surface area contributed by atoms with Crippen LogP contribution in [-0.4, -0.2) is 28.2 Å². The molecule has 0 aliphatic carbocycles. The molecule has 1 unspecified atom stereocenters. The van der Waals surface area contributed by atoms with Gasteiger partial charge in [-0.2, -0.15) is 0 Å². The molecule has 4 rings (SSSR count). The maximum absolute atomic E-state index is 12.6. The molecule has 0 saturated carbocycles. The maximum Gasteiger partial charge on any atom is 0.295 e. The molecule has 0 aliphatic rings. The Morgan fingerprint density at radius 3 is 2.52 bits per heavy atom. The number of nitrogens with two attached hydrogens (primary N) is 1. The lowest BCUT2D eigenvalue weighted by Crippen LogP contribution is -2.15. The first-order chi connectivity index (χ1) is 15.9. The van der Waals surface area contributed by atoms with E-state index < -0.39 is 5.91 Å². The Balaban J connectivity index is 1.74.